The number of carboxylic acids is 2. The maximum atomic E-state index is 11.0. The predicted molar refractivity (Wildman–Crippen MR) is 77.6 cm³/mol. The lowest BCUT2D eigenvalue weighted by atomic mass is 9.96. The first-order valence-corrected chi connectivity index (χ1v) is 6.69. The van der Waals surface area contributed by atoms with Crippen LogP contribution < -0.4 is 4.74 Å². The van der Waals surface area contributed by atoms with Gasteiger partial charge in [0, 0.05) is 6.54 Å². The maximum Gasteiger partial charge on any atom is 0.307 e. The normalized spacial score (nSPS) is 12.1. The van der Waals surface area contributed by atoms with Crippen LogP contribution in [-0.4, -0.2) is 54.3 Å². The Kier molecular flexibility index (Phi) is 6.68. The Hall–Kier alpha value is -2.08. The van der Waals surface area contributed by atoms with Crippen LogP contribution >= 0.6 is 0 Å². The molecule has 1 rings (SSSR count). The third-order valence-electron chi connectivity index (χ3n) is 2.98. The van der Waals surface area contributed by atoms with E-state index in [2.05, 4.69) is 0 Å². The molecule has 0 heterocycles. The van der Waals surface area contributed by atoms with Gasteiger partial charge < -0.3 is 19.8 Å². The van der Waals surface area contributed by atoms with Gasteiger partial charge in [-0.15, -0.1) is 0 Å². The molecule has 1 atom stereocenters. The van der Waals surface area contributed by atoms with Crippen LogP contribution in [0.3, 0.4) is 0 Å². The van der Waals surface area contributed by atoms with Gasteiger partial charge in [-0.05, 0) is 38.2 Å². The second-order valence-corrected chi connectivity index (χ2v) is 5.13. The highest BCUT2D eigenvalue weighted by Crippen LogP contribution is 2.17. The lowest BCUT2D eigenvalue weighted by Crippen LogP contribution is -2.20. The summed E-state index contributed by atoms with van der Waals surface area (Å²) >= 11 is 0. The number of ether oxygens (including phenoxy) is 1. The van der Waals surface area contributed by atoms with Crippen LogP contribution in [0.5, 0.6) is 5.75 Å². The topological polar surface area (TPSA) is 87.1 Å². The first-order chi connectivity index (χ1) is 9.88. The van der Waals surface area contributed by atoms with Crippen molar-refractivity contribution in [1.29, 1.82) is 0 Å². The molecule has 1 unspecified atom stereocenters. The molecule has 0 radical (unpaired) electrons. The molecular weight excluding hydrogens is 274 g/mol. The largest absolute Gasteiger partial charge is 0.492 e. The molecule has 116 valence electrons. The van der Waals surface area contributed by atoms with Crippen LogP contribution in [0.1, 0.15) is 12.0 Å². The summed E-state index contributed by atoms with van der Waals surface area (Å²) in [4.78, 5) is 23.7. The lowest BCUT2D eigenvalue weighted by molar-refractivity contribution is -0.148. The van der Waals surface area contributed by atoms with Crippen LogP contribution in [0.25, 0.3) is 0 Å². The fraction of sp³-hybridized carbons (Fsp3) is 0.467. The average molecular weight is 295 g/mol. The molecule has 2 N–H and O–H groups in total. The Morgan fingerprint density at radius 1 is 1.19 bits per heavy atom. The molecule has 0 aromatic heterocycles. The smallest absolute Gasteiger partial charge is 0.307 e. The summed E-state index contributed by atoms with van der Waals surface area (Å²) in [7, 11) is 3.92. The van der Waals surface area contributed by atoms with Gasteiger partial charge in [0.1, 0.15) is 12.4 Å². The molecule has 0 aliphatic rings. The van der Waals surface area contributed by atoms with E-state index in [9.17, 15) is 9.59 Å². The summed E-state index contributed by atoms with van der Waals surface area (Å²) in [6.45, 7) is 1.38. The van der Waals surface area contributed by atoms with Gasteiger partial charge in [-0.2, -0.15) is 0 Å². The molecule has 6 nitrogen and oxygen atoms in total. The zero-order valence-corrected chi connectivity index (χ0v) is 12.3. The van der Waals surface area contributed by atoms with E-state index in [0.29, 0.717) is 12.4 Å². The van der Waals surface area contributed by atoms with Gasteiger partial charge in [0.05, 0.1) is 12.3 Å². The molecule has 1 aromatic rings. The number of benzene rings is 1. The van der Waals surface area contributed by atoms with Crippen LogP contribution in [0, 0.1) is 5.92 Å². The summed E-state index contributed by atoms with van der Waals surface area (Å²) in [5.41, 5.74) is 0.781. The average Bonchev–Trinajstić information content (AvgIpc) is 2.39. The van der Waals surface area contributed by atoms with Gasteiger partial charge >= 0.3 is 11.9 Å². The molecule has 0 saturated carbocycles. The second kappa shape index (κ2) is 8.26. The highest BCUT2D eigenvalue weighted by molar-refractivity contribution is 5.78. The van der Waals surface area contributed by atoms with Crippen LogP contribution in [-0.2, 0) is 16.0 Å². The Balaban J connectivity index is 2.56. The molecular formula is C15H21NO5. The Labute approximate surface area is 124 Å². The first kappa shape index (κ1) is 17.0. The molecule has 0 spiro atoms. The number of hydrogen-bond donors (Lipinski definition) is 2. The maximum absolute atomic E-state index is 11.0. The van der Waals surface area contributed by atoms with Crippen LogP contribution in [0.2, 0.25) is 0 Å². The van der Waals surface area contributed by atoms with Crippen molar-refractivity contribution in [2.75, 3.05) is 27.2 Å². The highest BCUT2D eigenvalue weighted by atomic mass is 16.5. The fourth-order valence-electron chi connectivity index (χ4n) is 1.81. The Morgan fingerprint density at radius 2 is 1.81 bits per heavy atom. The van der Waals surface area contributed by atoms with E-state index in [4.69, 9.17) is 14.9 Å². The summed E-state index contributed by atoms with van der Waals surface area (Å²) in [6, 6.07) is 7.07. The van der Waals surface area contributed by atoms with E-state index in [1.54, 1.807) is 24.3 Å². The number of likely N-dealkylation sites (N-methyl/N-ethyl adjacent to an activating group) is 1. The quantitative estimate of drug-likeness (QED) is 0.715. The minimum atomic E-state index is -1.11. The zero-order chi connectivity index (χ0) is 15.8. The van der Waals surface area contributed by atoms with Crippen molar-refractivity contribution in [2.45, 2.75) is 12.8 Å². The fourth-order valence-corrected chi connectivity index (χ4v) is 1.81. The number of carbonyl (C=O) groups is 2. The van der Waals surface area contributed by atoms with E-state index in [-0.39, 0.29) is 12.8 Å². The van der Waals surface area contributed by atoms with Gasteiger partial charge in [-0.1, -0.05) is 12.1 Å². The van der Waals surface area contributed by atoms with Gasteiger partial charge in [-0.25, -0.2) is 0 Å². The number of carboxylic acid groups (broad SMARTS) is 2. The van der Waals surface area contributed by atoms with E-state index in [0.717, 1.165) is 12.1 Å². The van der Waals surface area contributed by atoms with Crippen molar-refractivity contribution in [2.24, 2.45) is 5.92 Å². The van der Waals surface area contributed by atoms with E-state index < -0.39 is 17.9 Å². The number of nitrogens with zero attached hydrogens (tertiary/aromatic N) is 1. The first-order valence-electron chi connectivity index (χ1n) is 6.69. The molecule has 0 bridgehead atoms. The highest BCUT2D eigenvalue weighted by Gasteiger charge is 2.21. The van der Waals surface area contributed by atoms with Gasteiger partial charge in [0.25, 0.3) is 0 Å². The van der Waals surface area contributed by atoms with Crippen LogP contribution in [0.15, 0.2) is 24.3 Å². The molecule has 1 aromatic carbocycles. The molecule has 21 heavy (non-hydrogen) atoms. The summed E-state index contributed by atoms with van der Waals surface area (Å²) in [5.74, 6) is -2.40. The van der Waals surface area contributed by atoms with Crippen molar-refractivity contribution in [3.63, 3.8) is 0 Å². The molecule has 0 aliphatic carbocycles. The number of rotatable bonds is 9. The van der Waals surface area contributed by atoms with Crippen molar-refractivity contribution >= 4 is 11.9 Å². The molecule has 0 saturated heterocycles. The predicted octanol–water partition coefficient (Wildman–Crippen LogP) is 1.34. The zero-order valence-electron chi connectivity index (χ0n) is 12.3. The van der Waals surface area contributed by atoms with Gasteiger partial charge in [-0.3, -0.25) is 9.59 Å². The third-order valence-corrected chi connectivity index (χ3v) is 2.98. The van der Waals surface area contributed by atoms with Crippen molar-refractivity contribution in [1.82, 2.24) is 4.90 Å². The molecule has 0 aliphatic heterocycles. The Morgan fingerprint density at radius 3 is 2.29 bits per heavy atom. The van der Waals surface area contributed by atoms with E-state index in [1.165, 1.54) is 0 Å². The van der Waals surface area contributed by atoms with Crippen molar-refractivity contribution in [3.05, 3.63) is 29.8 Å². The number of aliphatic carboxylic acids is 2. The van der Waals surface area contributed by atoms with Gasteiger partial charge in [0.2, 0.25) is 0 Å². The summed E-state index contributed by atoms with van der Waals surface area (Å²) in [5, 5.41) is 17.7. The molecule has 6 heteroatoms. The monoisotopic (exact) mass is 295 g/mol. The van der Waals surface area contributed by atoms with Crippen LogP contribution in [0.4, 0.5) is 0 Å². The number of hydrogen-bond acceptors (Lipinski definition) is 4. The lowest BCUT2D eigenvalue weighted by Gasteiger charge is -2.12. The molecule has 0 amide bonds. The standard InChI is InChI=1S/C15H21NO5/c1-16(2)7-8-21-13-5-3-11(4-6-13)9-12(15(19)20)10-14(17)18/h3-6,12H,7-10H2,1-2H3,(H,17,18)(H,19,20). The SMILES string of the molecule is CN(C)CCOc1ccc(CC(CC(=O)O)C(=O)O)cc1. The van der Waals surface area contributed by atoms with Crippen molar-refractivity contribution < 1.29 is 24.5 Å². The minimum absolute atomic E-state index is 0.194. The van der Waals surface area contributed by atoms with Crippen molar-refractivity contribution in [3.8, 4) is 5.75 Å². The van der Waals surface area contributed by atoms with E-state index in [1.807, 2.05) is 19.0 Å². The van der Waals surface area contributed by atoms with Gasteiger partial charge in [0.15, 0.2) is 0 Å². The van der Waals surface area contributed by atoms with E-state index >= 15 is 0 Å². The minimum Gasteiger partial charge on any atom is -0.492 e. The summed E-state index contributed by atoms with van der Waals surface area (Å²) in [6.07, 6.45) is -0.184. The third kappa shape index (κ3) is 6.76. The Bertz CT molecular complexity index is 469. The second-order valence-electron chi connectivity index (χ2n) is 5.13. The molecule has 0 fully saturated rings. The summed E-state index contributed by atoms with van der Waals surface area (Å²) < 4.78 is 5.54.